The van der Waals surface area contributed by atoms with Crippen LogP contribution in [0.15, 0.2) is 54.6 Å². The van der Waals surface area contributed by atoms with Crippen LogP contribution < -0.4 is 14.8 Å². The fourth-order valence-electron chi connectivity index (χ4n) is 1.95. The maximum absolute atomic E-state index is 11.8. The SMILES string of the molecule is CCOc1ccc(OCC(=O)OCC(=O)NC(=O)c2ccccc2)cc1. The number of imide groups is 1. The number of amides is 2. The average molecular weight is 357 g/mol. The molecule has 0 fully saturated rings. The van der Waals surface area contributed by atoms with Crippen molar-refractivity contribution in [2.24, 2.45) is 0 Å². The molecule has 2 rings (SSSR count). The Kier molecular flexibility index (Phi) is 7.17. The molecule has 7 heteroatoms. The van der Waals surface area contributed by atoms with Crippen molar-refractivity contribution < 1.29 is 28.6 Å². The zero-order valence-electron chi connectivity index (χ0n) is 14.3. The standard InChI is InChI=1S/C19H19NO6/c1-2-24-15-8-10-16(11-9-15)25-13-18(22)26-12-17(21)20-19(23)14-6-4-3-5-7-14/h3-11H,2,12-13H2,1H3,(H,20,21,23). The molecule has 0 saturated carbocycles. The van der Waals surface area contributed by atoms with Crippen LogP contribution in [0.5, 0.6) is 11.5 Å². The van der Waals surface area contributed by atoms with E-state index in [0.29, 0.717) is 23.7 Å². The van der Waals surface area contributed by atoms with Gasteiger partial charge in [0.2, 0.25) is 0 Å². The van der Waals surface area contributed by atoms with E-state index in [9.17, 15) is 14.4 Å². The Morgan fingerprint density at radius 1 is 0.846 bits per heavy atom. The van der Waals surface area contributed by atoms with Crippen LogP contribution in [0.2, 0.25) is 0 Å². The number of esters is 1. The molecule has 0 unspecified atom stereocenters. The third kappa shape index (κ3) is 6.27. The topological polar surface area (TPSA) is 90.9 Å². The van der Waals surface area contributed by atoms with E-state index in [-0.39, 0.29) is 6.61 Å². The number of rotatable bonds is 8. The van der Waals surface area contributed by atoms with E-state index in [0.717, 1.165) is 0 Å². The van der Waals surface area contributed by atoms with Crippen LogP contribution >= 0.6 is 0 Å². The Morgan fingerprint density at radius 3 is 2.08 bits per heavy atom. The minimum atomic E-state index is -0.721. The van der Waals surface area contributed by atoms with Gasteiger partial charge < -0.3 is 14.2 Å². The molecule has 0 radical (unpaired) electrons. The van der Waals surface area contributed by atoms with Crippen LogP contribution in [-0.4, -0.2) is 37.6 Å². The largest absolute Gasteiger partial charge is 0.494 e. The minimum absolute atomic E-state index is 0.339. The van der Waals surface area contributed by atoms with Gasteiger partial charge in [0.05, 0.1) is 6.61 Å². The number of nitrogens with one attached hydrogen (secondary N) is 1. The van der Waals surface area contributed by atoms with E-state index in [1.165, 1.54) is 0 Å². The minimum Gasteiger partial charge on any atom is -0.494 e. The van der Waals surface area contributed by atoms with Crippen LogP contribution in [0.25, 0.3) is 0 Å². The quantitative estimate of drug-likeness (QED) is 0.727. The summed E-state index contributed by atoms with van der Waals surface area (Å²) in [4.78, 5) is 35.0. The number of benzene rings is 2. The molecule has 0 bridgehead atoms. The van der Waals surface area contributed by atoms with Gasteiger partial charge in [-0.05, 0) is 43.3 Å². The zero-order valence-corrected chi connectivity index (χ0v) is 14.3. The van der Waals surface area contributed by atoms with Crippen molar-refractivity contribution >= 4 is 17.8 Å². The molecule has 0 spiro atoms. The summed E-state index contributed by atoms with van der Waals surface area (Å²) in [5.74, 6) is -0.831. The van der Waals surface area contributed by atoms with Crippen molar-refractivity contribution in [2.45, 2.75) is 6.92 Å². The Hall–Kier alpha value is -3.35. The van der Waals surface area contributed by atoms with Gasteiger partial charge in [-0.15, -0.1) is 0 Å². The molecule has 0 aliphatic heterocycles. The van der Waals surface area contributed by atoms with E-state index >= 15 is 0 Å². The van der Waals surface area contributed by atoms with E-state index < -0.39 is 24.4 Å². The predicted octanol–water partition coefficient (Wildman–Crippen LogP) is 1.96. The van der Waals surface area contributed by atoms with Gasteiger partial charge in [-0.1, -0.05) is 18.2 Å². The van der Waals surface area contributed by atoms with Gasteiger partial charge in [0, 0.05) is 5.56 Å². The van der Waals surface area contributed by atoms with E-state index in [2.05, 4.69) is 5.32 Å². The molecule has 0 aliphatic carbocycles. The van der Waals surface area contributed by atoms with Gasteiger partial charge in [0.1, 0.15) is 11.5 Å². The second-order valence-corrected chi connectivity index (χ2v) is 5.10. The first kappa shape index (κ1) is 19.0. The first-order valence-electron chi connectivity index (χ1n) is 7.99. The van der Waals surface area contributed by atoms with Crippen molar-refractivity contribution in [3.05, 3.63) is 60.2 Å². The fraction of sp³-hybridized carbons (Fsp3) is 0.211. The van der Waals surface area contributed by atoms with Crippen molar-refractivity contribution in [3.8, 4) is 11.5 Å². The molecule has 0 atom stereocenters. The van der Waals surface area contributed by atoms with E-state index in [1.807, 2.05) is 6.92 Å². The number of carbonyl (C=O) groups is 3. The molecule has 26 heavy (non-hydrogen) atoms. The monoisotopic (exact) mass is 357 g/mol. The number of carbonyl (C=O) groups excluding carboxylic acids is 3. The normalized spacial score (nSPS) is 9.88. The van der Waals surface area contributed by atoms with Gasteiger partial charge in [0.25, 0.3) is 11.8 Å². The molecule has 0 saturated heterocycles. The van der Waals surface area contributed by atoms with Crippen LogP contribution in [0.1, 0.15) is 17.3 Å². The van der Waals surface area contributed by atoms with Crippen LogP contribution in [0.4, 0.5) is 0 Å². The summed E-state index contributed by atoms with van der Waals surface area (Å²) >= 11 is 0. The summed E-state index contributed by atoms with van der Waals surface area (Å²) in [5, 5.41) is 2.13. The summed E-state index contributed by atoms with van der Waals surface area (Å²) in [5.41, 5.74) is 0.339. The van der Waals surface area contributed by atoms with E-state index in [4.69, 9.17) is 14.2 Å². The average Bonchev–Trinajstić information content (AvgIpc) is 2.66. The zero-order chi connectivity index (χ0) is 18.8. The van der Waals surface area contributed by atoms with Crippen LogP contribution in [0, 0.1) is 0 Å². The Bertz CT molecular complexity index is 742. The predicted molar refractivity (Wildman–Crippen MR) is 93.0 cm³/mol. The summed E-state index contributed by atoms with van der Waals surface area (Å²) in [6, 6.07) is 15.0. The molecular weight excluding hydrogens is 338 g/mol. The first-order valence-corrected chi connectivity index (χ1v) is 7.99. The van der Waals surface area contributed by atoms with Gasteiger partial charge in [-0.3, -0.25) is 14.9 Å². The lowest BCUT2D eigenvalue weighted by atomic mass is 10.2. The van der Waals surface area contributed by atoms with Crippen LogP contribution in [-0.2, 0) is 14.3 Å². The maximum atomic E-state index is 11.8. The fourth-order valence-corrected chi connectivity index (χ4v) is 1.95. The first-order chi connectivity index (χ1) is 12.6. The lowest BCUT2D eigenvalue weighted by Gasteiger charge is -2.08. The maximum Gasteiger partial charge on any atom is 0.344 e. The van der Waals surface area contributed by atoms with Gasteiger partial charge >= 0.3 is 5.97 Å². The number of hydrogen-bond donors (Lipinski definition) is 1. The van der Waals surface area contributed by atoms with Crippen molar-refractivity contribution in [2.75, 3.05) is 19.8 Å². The third-order valence-electron chi connectivity index (χ3n) is 3.14. The summed E-state index contributed by atoms with van der Waals surface area (Å²) in [6.45, 7) is 1.52. The summed E-state index contributed by atoms with van der Waals surface area (Å²) < 4.78 is 15.3. The van der Waals surface area contributed by atoms with Gasteiger partial charge in [0.15, 0.2) is 13.2 Å². The van der Waals surface area contributed by atoms with Gasteiger partial charge in [-0.2, -0.15) is 0 Å². The third-order valence-corrected chi connectivity index (χ3v) is 3.14. The lowest BCUT2D eigenvalue weighted by molar-refractivity contribution is -0.150. The molecule has 0 aromatic heterocycles. The van der Waals surface area contributed by atoms with Gasteiger partial charge in [-0.25, -0.2) is 4.79 Å². The van der Waals surface area contributed by atoms with E-state index in [1.54, 1.807) is 54.6 Å². The molecule has 1 N–H and O–H groups in total. The van der Waals surface area contributed by atoms with Crippen molar-refractivity contribution in [3.63, 3.8) is 0 Å². The molecule has 0 heterocycles. The Labute approximate surface area is 150 Å². The second kappa shape index (κ2) is 9.83. The molecule has 7 nitrogen and oxygen atoms in total. The molecular formula is C19H19NO6. The number of hydrogen-bond acceptors (Lipinski definition) is 6. The lowest BCUT2D eigenvalue weighted by Crippen LogP contribution is -2.34. The highest BCUT2D eigenvalue weighted by atomic mass is 16.6. The van der Waals surface area contributed by atoms with Crippen molar-refractivity contribution in [1.82, 2.24) is 5.32 Å². The summed E-state index contributed by atoms with van der Waals surface area (Å²) in [7, 11) is 0. The Morgan fingerprint density at radius 2 is 1.46 bits per heavy atom. The number of ether oxygens (including phenoxy) is 3. The van der Waals surface area contributed by atoms with Crippen molar-refractivity contribution in [1.29, 1.82) is 0 Å². The Balaban J connectivity index is 1.69. The molecule has 0 aliphatic rings. The molecule has 2 aromatic carbocycles. The highest BCUT2D eigenvalue weighted by Crippen LogP contribution is 2.17. The molecule has 2 aromatic rings. The molecule has 2 amide bonds. The summed E-state index contributed by atoms with van der Waals surface area (Å²) in [6.07, 6.45) is 0. The second-order valence-electron chi connectivity index (χ2n) is 5.10. The highest BCUT2D eigenvalue weighted by Gasteiger charge is 2.12. The smallest absolute Gasteiger partial charge is 0.344 e. The highest BCUT2D eigenvalue weighted by molar-refractivity contribution is 6.05. The van der Waals surface area contributed by atoms with Crippen LogP contribution in [0.3, 0.4) is 0 Å². The molecule has 136 valence electrons.